The number of anilines is 1. The molecule has 1 amide bonds. The summed E-state index contributed by atoms with van der Waals surface area (Å²) < 4.78 is 32.8. The fourth-order valence-electron chi connectivity index (χ4n) is 2.87. The number of carbonyl (C=O) groups excluding carboxylic acids is 1. The SMILES string of the molecule is CN(Cc1ccc(N2CCOCC2)cc1)C(=O)c1c(F)cccc1F. The number of ether oxygens (including phenoxy) is 1. The van der Waals surface area contributed by atoms with E-state index >= 15 is 0 Å². The molecule has 1 fully saturated rings. The zero-order valence-corrected chi connectivity index (χ0v) is 14.0. The summed E-state index contributed by atoms with van der Waals surface area (Å²) in [7, 11) is 1.53. The second-order valence-corrected chi connectivity index (χ2v) is 6.02. The standard InChI is InChI=1S/C19H20F2N2O2/c1-22(19(24)18-16(20)3-2-4-17(18)21)13-14-5-7-15(8-6-14)23-9-11-25-12-10-23/h2-8H,9-13H2,1H3. The molecule has 0 radical (unpaired) electrons. The van der Waals surface area contributed by atoms with E-state index in [1.807, 2.05) is 24.3 Å². The molecule has 1 saturated heterocycles. The van der Waals surface area contributed by atoms with Crippen molar-refractivity contribution in [3.63, 3.8) is 0 Å². The highest BCUT2D eigenvalue weighted by Gasteiger charge is 2.20. The number of nitrogens with zero attached hydrogens (tertiary/aromatic N) is 2. The summed E-state index contributed by atoms with van der Waals surface area (Å²) in [6.45, 7) is 3.41. The molecule has 0 saturated carbocycles. The molecule has 4 nitrogen and oxygen atoms in total. The van der Waals surface area contributed by atoms with E-state index in [9.17, 15) is 13.6 Å². The van der Waals surface area contributed by atoms with E-state index in [1.165, 1.54) is 18.0 Å². The van der Waals surface area contributed by atoms with E-state index in [0.29, 0.717) is 13.2 Å². The second kappa shape index (κ2) is 7.61. The van der Waals surface area contributed by atoms with Crippen LogP contribution in [0.25, 0.3) is 0 Å². The van der Waals surface area contributed by atoms with Crippen LogP contribution in [0, 0.1) is 11.6 Å². The van der Waals surface area contributed by atoms with Crippen molar-refractivity contribution in [1.82, 2.24) is 4.90 Å². The van der Waals surface area contributed by atoms with Gasteiger partial charge in [0.15, 0.2) is 0 Å². The van der Waals surface area contributed by atoms with Gasteiger partial charge in [-0.2, -0.15) is 0 Å². The van der Waals surface area contributed by atoms with Crippen LogP contribution in [-0.4, -0.2) is 44.2 Å². The van der Waals surface area contributed by atoms with Gasteiger partial charge in [0.05, 0.1) is 13.2 Å². The lowest BCUT2D eigenvalue weighted by molar-refractivity contribution is 0.0775. The van der Waals surface area contributed by atoms with Gasteiger partial charge in [0.2, 0.25) is 0 Å². The Hall–Kier alpha value is -2.47. The minimum atomic E-state index is -0.848. The molecule has 0 unspecified atom stereocenters. The third-order valence-corrected chi connectivity index (χ3v) is 4.26. The quantitative estimate of drug-likeness (QED) is 0.853. The van der Waals surface area contributed by atoms with Crippen LogP contribution in [0.4, 0.5) is 14.5 Å². The normalized spacial score (nSPS) is 14.4. The van der Waals surface area contributed by atoms with Gasteiger partial charge in [0.25, 0.3) is 5.91 Å². The minimum absolute atomic E-state index is 0.274. The van der Waals surface area contributed by atoms with Crippen LogP contribution in [-0.2, 0) is 11.3 Å². The van der Waals surface area contributed by atoms with Crippen LogP contribution in [0.2, 0.25) is 0 Å². The van der Waals surface area contributed by atoms with E-state index in [0.717, 1.165) is 36.5 Å². The highest BCUT2D eigenvalue weighted by Crippen LogP contribution is 2.19. The lowest BCUT2D eigenvalue weighted by Crippen LogP contribution is -2.36. The molecule has 0 bridgehead atoms. The molecule has 3 rings (SSSR count). The average Bonchev–Trinajstić information content (AvgIpc) is 2.63. The first-order valence-corrected chi connectivity index (χ1v) is 8.17. The molecule has 2 aromatic carbocycles. The number of rotatable bonds is 4. The Bertz CT molecular complexity index is 723. The predicted octanol–water partition coefficient (Wildman–Crippen LogP) is 3.07. The molecule has 2 aromatic rings. The maximum absolute atomic E-state index is 13.8. The number of carbonyl (C=O) groups is 1. The number of hydrogen-bond donors (Lipinski definition) is 0. The maximum Gasteiger partial charge on any atom is 0.259 e. The number of halogens is 2. The first-order chi connectivity index (χ1) is 12.1. The fraction of sp³-hybridized carbons (Fsp3) is 0.316. The summed E-state index contributed by atoms with van der Waals surface area (Å²) in [5.41, 5.74) is 1.47. The molecule has 25 heavy (non-hydrogen) atoms. The predicted molar refractivity (Wildman–Crippen MR) is 91.6 cm³/mol. The summed E-state index contributed by atoms with van der Waals surface area (Å²) in [6.07, 6.45) is 0. The summed E-state index contributed by atoms with van der Waals surface area (Å²) in [5.74, 6) is -2.37. The number of amides is 1. The Kier molecular flexibility index (Phi) is 5.28. The average molecular weight is 346 g/mol. The molecule has 6 heteroatoms. The van der Waals surface area contributed by atoms with Crippen molar-refractivity contribution < 1.29 is 18.3 Å². The van der Waals surface area contributed by atoms with Crippen LogP contribution in [0.1, 0.15) is 15.9 Å². The topological polar surface area (TPSA) is 32.8 Å². The van der Waals surface area contributed by atoms with Crippen molar-refractivity contribution in [1.29, 1.82) is 0 Å². The Balaban J connectivity index is 1.68. The number of benzene rings is 2. The lowest BCUT2D eigenvalue weighted by atomic mass is 10.1. The van der Waals surface area contributed by atoms with Crippen LogP contribution >= 0.6 is 0 Å². The van der Waals surface area contributed by atoms with Crippen LogP contribution < -0.4 is 4.90 Å². The lowest BCUT2D eigenvalue weighted by Gasteiger charge is -2.29. The van der Waals surface area contributed by atoms with Gasteiger partial charge in [-0.15, -0.1) is 0 Å². The Morgan fingerprint density at radius 3 is 2.28 bits per heavy atom. The van der Waals surface area contributed by atoms with E-state index < -0.39 is 23.1 Å². The largest absolute Gasteiger partial charge is 0.378 e. The van der Waals surface area contributed by atoms with E-state index in [1.54, 1.807) is 0 Å². The Morgan fingerprint density at radius 2 is 1.68 bits per heavy atom. The maximum atomic E-state index is 13.8. The molecule has 0 aliphatic carbocycles. The molecule has 0 aromatic heterocycles. The Labute approximate surface area is 145 Å². The zero-order valence-electron chi connectivity index (χ0n) is 14.0. The van der Waals surface area contributed by atoms with E-state index in [2.05, 4.69) is 4.90 Å². The van der Waals surface area contributed by atoms with Crippen molar-refractivity contribution in [2.45, 2.75) is 6.54 Å². The van der Waals surface area contributed by atoms with Gasteiger partial charge in [-0.1, -0.05) is 18.2 Å². The highest BCUT2D eigenvalue weighted by molar-refractivity contribution is 5.94. The van der Waals surface area contributed by atoms with Crippen molar-refractivity contribution >= 4 is 11.6 Å². The fourth-order valence-corrected chi connectivity index (χ4v) is 2.87. The van der Waals surface area contributed by atoms with Gasteiger partial charge in [-0.3, -0.25) is 4.79 Å². The number of hydrogen-bond acceptors (Lipinski definition) is 3. The van der Waals surface area contributed by atoms with Crippen molar-refractivity contribution in [2.75, 3.05) is 38.3 Å². The van der Waals surface area contributed by atoms with Gasteiger partial charge in [0, 0.05) is 32.4 Å². The van der Waals surface area contributed by atoms with E-state index in [4.69, 9.17) is 4.74 Å². The summed E-state index contributed by atoms with van der Waals surface area (Å²) in [5, 5.41) is 0. The monoisotopic (exact) mass is 346 g/mol. The van der Waals surface area contributed by atoms with Crippen molar-refractivity contribution in [3.8, 4) is 0 Å². The third kappa shape index (κ3) is 3.96. The summed E-state index contributed by atoms with van der Waals surface area (Å²) in [6, 6.07) is 11.2. The van der Waals surface area contributed by atoms with Crippen LogP contribution in [0.5, 0.6) is 0 Å². The molecule has 1 heterocycles. The molecule has 1 aliphatic rings. The smallest absolute Gasteiger partial charge is 0.259 e. The molecular weight excluding hydrogens is 326 g/mol. The first kappa shape index (κ1) is 17.4. The zero-order chi connectivity index (χ0) is 17.8. The van der Waals surface area contributed by atoms with Gasteiger partial charge >= 0.3 is 0 Å². The minimum Gasteiger partial charge on any atom is -0.378 e. The van der Waals surface area contributed by atoms with Gasteiger partial charge in [-0.25, -0.2) is 8.78 Å². The van der Waals surface area contributed by atoms with Gasteiger partial charge < -0.3 is 14.5 Å². The molecule has 0 atom stereocenters. The van der Waals surface area contributed by atoms with Crippen LogP contribution in [0.15, 0.2) is 42.5 Å². The van der Waals surface area contributed by atoms with E-state index in [-0.39, 0.29) is 6.54 Å². The highest BCUT2D eigenvalue weighted by atomic mass is 19.1. The molecule has 1 aliphatic heterocycles. The molecule has 132 valence electrons. The van der Waals surface area contributed by atoms with Crippen molar-refractivity contribution in [3.05, 3.63) is 65.2 Å². The van der Waals surface area contributed by atoms with Gasteiger partial charge in [0.1, 0.15) is 17.2 Å². The third-order valence-electron chi connectivity index (χ3n) is 4.26. The molecule has 0 N–H and O–H groups in total. The second-order valence-electron chi connectivity index (χ2n) is 6.02. The Morgan fingerprint density at radius 1 is 1.08 bits per heavy atom. The number of morpholine rings is 1. The first-order valence-electron chi connectivity index (χ1n) is 8.17. The van der Waals surface area contributed by atoms with Crippen molar-refractivity contribution in [2.24, 2.45) is 0 Å². The van der Waals surface area contributed by atoms with Crippen LogP contribution in [0.3, 0.4) is 0 Å². The summed E-state index contributed by atoms with van der Waals surface area (Å²) in [4.78, 5) is 15.9. The molecular formula is C19H20F2N2O2. The van der Waals surface area contributed by atoms with Gasteiger partial charge in [-0.05, 0) is 29.8 Å². The molecule has 0 spiro atoms. The summed E-state index contributed by atoms with van der Waals surface area (Å²) >= 11 is 0.